The van der Waals surface area contributed by atoms with Crippen molar-refractivity contribution in [1.82, 2.24) is 24.2 Å². The fraction of sp³-hybridized carbons (Fsp3) is 0.500. The van der Waals surface area contributed by atoms with Crippen LogP contribution in [0.5, 0.6) is 0 Å². The molecule has 0 amide bonds. The maximum absolute atomic E-state index is 12.5. The van der Waals surface area contributed by atoms with E-state index in [-0.39, 0.29) is 10.6 Å². The van der Waals surface area contributed by atoms with Crippen molar-refractivity contribution < 1.29 is 8.42 Å². The molecule has 24 heavy (non-hydrogen) atoms. The van der Waals surface area contributed by atoms with Gasteiger partial charge in [0.2, 0.25) is 0 Å². The zero-order valence-corrected chi connectivity index (χ0v) is 14.6. The van der Waals surface area contributed by atoms with Crippen LogP contribution >= 0.6 is 0 Å². The third-order valence-corrected chi connectivity index (χ3v) is 6.28. The van der Waals surface area contributed by atoms with Gasteiger partial charge in [0.1, 0.15) is 0 Å². The average Bonchev–Trinajstić information content (AvgIpc) is 2.83. The molecule has 2 fully saturated rings. The molecule has 2 aromatic rings. The molecule has 0 aromatic carbocycles. The van der Waals surface area contributed by atoms with E-state index in [1.807, 2.05) is 25.1 Å². The summed E-state index contributed by atoms with van der Waals surface area (Å²) >= 11 is 0. The van der Waals surface area contributed by atoms with Crippen molar-refractivity contribution in [1.29, 1.82) is 0 Å². The van der Waals surface area contributed by atoms with E-state index in [1.54, 1.807) is 11.6 Å². The van der Waals surface area contributed by atoms with Crippen molar-refractivity contribution in [2.45, 2.75) is 30.5 Å². The van der Waals surface area contributed by atoms with E-state index in [0.29, 0.717) is 5.92 Å². The van der Waals surface area contributed by atoms with E-state index in [4.69, 9.17) is 0 Å². The van der Waals surface area contributed by atoms with Crippen molar-refractivity contribution in [3.8, 4) is 0 Å². The molecule has 2 aromatic heterocycles. The Kier molecular flexibility index (Phi) is 3.52. The molecular formula is C16H21N5O2S. The van der Waals surface area contributed by atoms with Gasteiger partial charge in [0.25, 0.3) is 10.0 Å². The van der Waals surface area contributed by atoms with Gasteiger partial charge < -0.3 is 4.57 Å². The second-order valence-electron chi connectivity index (χ2n) is 6.98. The molecule has 1 saturated heterocycles. The molecule has 1 aliphatic heterocycles. The summed E-state index contributed by atoms with van der Waals surface area (Å²) in [6.07, 6.45) is 3.93. The molecule has 0 spiro atoms. The summed E-state index contributed by atoms with van der Waals surface area (Å²) in [5.74, 6) is 0.376. The van der Waals surface area contributed by atoms with Crippen LogP contribution < -0.4 is 4.72 Å². The van der Waals surface area contributed by atoms with Crippen LogP contribution in [0.25, 0.3) is 0 Å². The van der Waals surface area contributed by atoms with Crippen LogP contribution in [0, 0.1) is 12.8 Å². The van der Waals surface area contributed by atoms with Crippen LogP contribution in [0.1, 0.15) is 17.8 Å². The molecule has 0 radical (unpaired) electrons. The lowest BCUT2D eigenvalue weighted by molar-refractivity contribution is 0.283. The Morgan fingerprint density at radius 3 is 2.96 bits per heavy atom. The number of rotatable bonds is 5. The van der Waals surface area contributed by atoms with Crippen molar-refractivity contribution in [2.24, 2.45) is 13.0 Å². The fourth-order valence-corrected chi connectivity index (χ4v) is 5.08. The minimum absolute atomic E-state index is 0.0869. The van der Waals surface area contributed by atoms with Gasteiger partial charge in [0.15, 0.2) is 5.03 Å². The van der Waals surface area contributed by atoms with Gasteiger partial charge in [-0.25, -0.2) is 18.1 Å². The predicted molar refractivity (Wildman–Crippen MR) is 88.6 cm³/mol. The zero-order chi connectivity index (χ0) is 16.9. The number of nitrogens with zero attached hydrogens (tertiary/aromatic N) is 4. The lowest BCUT2D eigenvalue weighted by Gasteiger charge is -2.21. The van der Waals surface area contributed by atoms with E-state index in [9.17, 15) is 8.42 Å². The highest BCUT2D eigenvalue weighted by atomic mass is 32.2. The molecule has 1 aliphatic carbocycles. The van der Waals surface area contributed by atoms with Crippen LogP contribution in [0.3, 0.4) is 0 Å². The molecule has 1 saturated carbocycles. The summed E-state index contributed by atoms with van der Waals surface area (Å²) < 4.78 is 29.6. The van der Waals surface area contributed by atoms with Gasteiger partial charge in [-0.15, -0.1) is 0 Å². The quantitative estimate of drug-likeness (QED) is 0.860. The highest BCUT2D eigenvalue weighted by Gasteiger charge is 2.61. The Hall–Kier alpha value is -1.77. The van der Waals surface area contributed by atoms with Gasteiger partial charge in [-0.1, -0.05) is 6.07 Å². The summed E-state index contributed by atoms with van der Waals surface area (Å²) in [5.41, 5.74) is 1.70. The van der Waals surface area contributed by atoms with Gasteiger partial charge in [-0.2, -0.15) is 0 Å². The minimum atomic E-state index is -3.57. The fourth-order valence-electron chi connectivity index (χ4n) is 3.63. The van der Waals surface area contributed by atoms with Crippen LogP contribution in [-0.4, -0.2) is 46.5 Å². The number of aryl methyl sites for hydroxylation is 2. The van der Waals surface area contributed by atoms with Gasteiger partial charge in [0, 0.05) is 38.6 Å². The van der Waals surface area contributed by atoms with Crippen molar-refractivity contribution in [2.75, 3.05) is 13.1 Å². The summed E-state index contributed by atoms with van der Waals surface area (Å²) in [6.45, 7) is 4.36. The van der Waals surface area contributed by atoms with Crippen LogP contribution in [0.15, 0.2) is 35.7 Å². The summed E-state index contributed by atoms with van der Waals surface area (Å²) in [4.78, 5) is 10.8. The third-order valence-electron chi connectivity index (χ3n) is 4.84. The van der Waals surface area contributed by atoms with Crippen LogP contribution in [-0.2, 0) is 23.6 Å². The Bertz CT molecular complexity index is 878. The maximum Gasteiger partial charge on any atom is 0.260 e. The number of sulfonamides is 1. The molecule has 8 heteroatoms. The summed E-state index contributed by atoms with van der Waals surface area (Å²) in [6, 6.07) is 6.00. The van der Waals surface area contributed by atoms with E-state index in [2.05, 4.69) is 19.6 Å². The second kappa shape index (κ2) is 5.37. The summed E-state index contributed by atoms with van der Waals surface area (Å²) in [5, 5.41) is 0.0869. The number of piperidine rings is 1. The van der Waals surface area contributed by atoms with Gasteiger partial charge in [-0.05, 0) is 31.4 Å². The third kappa shape index (κ3) is 2.85. The smallest absolute Gasteiger partial charge is 0.260 e. The minimum Gasteiger partial charge on any atom is -0.339 e. The second-order valence-corrected chi connectivity index (χ2v) is 8.61. The monoisotopic (exact) mass is 347 g/mol. The Balaban J connectivity index is 1.45. The number of pyridine rings is 1. The first kappa shape index (κ1) is 15.7. The van der Waals surface area contributed by atoms with Gasteiger partial charge >= 0.3 is 0 Å². The number of nitrogens with one attached hydrogen (secondary N) is 1. The molecule has 4 rings (SSSR count). The number of imidazole rings is 1. The lowest BCUT2D eigenvalue weighted by Crippen LogP contribution is -2.42. The number of hydrogen-bond acceptors (Lipinski definition) is 5. The van der Waals surface area contributed by atoms with Crippen molar-refractivity contribution >= 4 is 10.0 Å². The van der Waals surface area contributed by atoms with E-state index in [0.717, 1.165) is 37.4 Å². The van der Waals surface area contributed by atoms with Crippen LogP contribution in [0.4, 0.5) is 0 Å². The normalized spacial score (nSPS) is 26.5. The summed E-state index contributed by atoms with van der Waals surface area (Å²) in [7, 11) is -1.81. The average molecular weight is 347 g/mol. The topological polar surface area (TPSA) is 80.1 Å². The molecule has 0 bridgehead atoms. The Morgan fingerprint density at radius 2 is 2.25 bits per heavy atom. The first-order valence-corrected chi connectivity index (χ1v) is 9.51. The van der Waals surface area contributed by atoms with E-state index >= 15 is 0 Å². The van der Waals surface area contributed by atoms with E-state index < -0.39 is 10.0 Å². The predicted octanol–water partition coefficient (Wildman–Crippen LogP) is 0.676. The number of hydrogen-bond donors (Lipinski definition) is 1. The van der Waals surface area contributed by atoms with Crippen molar-refractivity contribution in [3.63, 3.8) is 0 Å². The molecule has 2 aliphatic rings. The van der Waals surface area contributed by atoms with E-state index in [1.165, 1.54) is 12.5 Å². The molecular weight excluding hydrogens is 326 g/mol. The van der Waals surface area contributed by atoms with Gasteiger partial charge in [-0.3, -0.25) is 9.88 Å². The SMILES string of the molecule is Cc1cccc(CN2C[C@H]3C[C@]3(NS(=O)(=O)c3cn(C)cn3)C2)n1. The first-order valence-electron chi connectivity index (χ1n) is 8.03. The van der Waals surface area contributed by atoms with Crippen molar-refractivity contribution in [3.05, 3.63) is 42.1 Å². The first-order chi connectivity index (χ1) is 11.4. The molecule has 0 unspecified atom stereocenters. The Morgan fingerprint density at radius 1 is 1.42 bits per heavy atom. The van der Waals surface area contributed by atoms with Crippen LogP contribution in [0.2, 0.25) is 0 Å². The molecule has 128 valence electrons. The molecule has 7 nitrogen and oxygen atoms in total. The number of likely N-dealkylation sites (tertiary alicyclic amines) is 1. The number of fused-ring (bicyclic) bond motifs is 1. The Labute approximate surface area is 141 Å². The lowest BCUT2D eigenvalue weighted by atomic mass is 10.2. The molecule has 2 atom stereocenters. The number of aromatic nitrogens is 3. The molecule has 1 N–H and O–H groups in total. The highest BCUT2D eigenvalue weighted by molar-refractivity contribution is 7.89. The maximum atomic E-state index is 12.5. The molecule has 3 heterocycles. The largest absolute Gasteiger partial charge is 0.339 e. The highest BCUT2D eigenvalue weighted by Crippen LogP contribution is 2.50. The zero-order valence-electron chi connectivity index (χ0n) is 13.8. The van der Waals surface area contributed by atoms with Gasteiger partial charge in [0.05, 0.1) is 17.6 Å². The standard InChI is InChI=1S/C16H21N5O2S/c1-12-4-3-5-14(18-12)8-21-7-13-6-16(13,10-21)19-24(22,23)15-9-20(2)11-17-15/h3-5,9,11,13,19H,6-8,10H2,1-2H3/t13-,16+/m1/s1.